The minimum absolute atomic E-state index is 0.997. The molecule has 1 aromatic heterocycles. The van der Waals surface area contributed by atoms with Crippen molar-refractivity contribution >= 4 is 0 Å². The molecule has 3 rings (SSSR count). The molecule has 0 aliphatic carbocycles. The molecule has 0 N–H and O–H groups in total. The summed E-state index contributed by atoms with van der Waals surface area (Å²) in [5.41, 5.74) is 7.21. The molecule has 1 heteroatoms. The molecule has 0 aliphatic heterocycles. The van der Waals surface area contributed by atoms with Crippen LogP contribution >= 0.6 is 0 Å². The summed E-state index contributed by atoms with van der Waals surface area (Å²) >= 11 is 0. The van der Waals surface area contributed by atoms with Gasteiger partial charge in [-0.1, -0.05) is 74.0 Å². The fourth-order valence-electron chi connectivity index (χ4n) is 2.91. The van der Waals surface area contributed by atoms with Gasteiger partial charge in [0.05, 0.1) is 6.20 Å². The van der Waals surface area contributed by atoms with Crippen molar-refractivity contribution in [2.24, 2.45) is 0 Å². The first-order valence-corrected chi connectivity index (χ1v) is 7.83. The summed E-state index contributed by atoms with van der Waals surface area (Å²) in [7, 11) is 0. The van der Waals surface area contributed by atoms with Crippen LogP contribution in [0.4, 0.5) is 0 Å². The van der Waals surface area contributed by atoms with Crippen LogP contribution in [0.2, 0.25) is 0 Å². The van der Waals surface area contributed by atoms with Crippen LogP contribution in [-0.4, -0.2) is 4.98 Å². The molecule has 0 amide bonds. The minimum atomic E-state index is 0.997. The van der Waals surface area contributed by atoms with E-state index in [0.29, 0.717) is 0 Å². The van der Waals surface area contributed by atoms with E-state index in [0.717, 1.165) is 18.5 Å². The third-order valence-electron chi connectivity index (χ3n) is 3.90. The predicted octanol–water partition coefficient (Wildman–Crippen LogP) is 5.48. The second-order valence-corrected chi connectivity index (χ2v) is 5.52. The molecule has 0 aliphatic rings. The Morgan fingerprint density at radius 3 is 1.91 bits per heavy atom. The lowest BCUT2D eigenvalue weighted by atomic mass is 9.89. The Kier molecular flexibility index (Phi) is 4.34. The van der Waals surface area contributed by atoms with Crippen LogP contribution in [0.15, 0.2) is 60.7 Å². The zero-order valence-corrected chi connectivity index (χ0v) is 13.1. The smallest absolute Gasteiger partial charge is 0.0931 e. The fraction of sp³-hybridized carbons (Fsp3) is 0.190. The number of pyridine rings is 1. The molecule has 1 radical (unpaired) electrons. The lowest BCUT2D eigenvalue weighted by Gasteiger charge is -2.17. The maximum atomic E-state index is 4.54. The van der Waals surface area contributed by atoms with Crippen LogP contribution in [0.5, 0.6) is 0 Å². The average molecular weight is 286 g/mol. The monoisotopic (exact) mass is 286 g/mol. The number of nitrogens with zero attached hydrogens (tertiary/aromatic N) is 1. The van der Waals surface area contributed by atoms with E-state index in [2.05, 4.69) is 85.7 Å². The van der Waals surface area contributed by atoms with Crippen LogP contribution in [0.3, 0.4) is 0 Å². The summed E-state index contributed by atoms with van der Waals surface area (Å²) in [4.78, 5) is 4.54. The van der Waals surface area contributed by atoms with Gasteiger partial charge in [0.2, 0.25) is 0 Å². The Bertz CT molecular complexity index is 746. The molecule has 1 nitrogen and oxygen atoms in total. The quantitative estimate of drug-likeness (QED) is 0.619. The molecule has 0 saturated carbocycles. The molecule has 0 bridgehead atoms. The molecule has 0 saturated heterocycles. The summed E-state index contributed by atoms with van der Waals surface area (Å²) in [6.07, 6.45) is 5.35. The van der Waals surface area contributed by atoms with E-state index in [9.17, 15) is 0 Å². The van der Waals surface area contributed by atoms with Gasteiger partial charge in [0.15, 0.2) is 0 Å². The zero-order valence-electron chi connectivity index (χ0n) is 13.1. The van der Waals surface area contributed by atoms with Gasteiger partial charge in [0, 0.05) is 11.3 Å². The summed E-state index contributed by atoms with van der Waals surface area (Å²) in [6.45, 7) is 4.27. The number of hydrogen-bond acceptors (Lipinski definition) is 1. The second kappa shape index (κ2) is 6.57. The molecule has 1 heterocycles. The SMILES string of the molecule is CCCc1[c]nc(C)c(-c2ccccc2)c1-c1ccccc1. The van der Waals surface area contributed by atoms with Crippen molar-refractivity contribution in [2.75, 3.05) is 0 Å². The van der Waals surface area contributed by atoms with Gasteiger partial charge in [-0.25, -0.2) is 0 Å². The van der Waals surface area contributed by atoms with Gasteiger partial charge in [-0.15, -0.1) is 0 Å². The standard InChI is InChI=1S/C21H20N/c1-3-10-19-15-22-16(2)20(17-11-6-4-7-12-17)21(19)18-13-8-5-9-14-18/h4-9,11-14H,3,10H2,1-2H3. The fourth-order valence-corrected chi connectivity index (χ4v) is 2.91. The third-order valence-corrected chi connectivity index (χ3v) is 3.90. The number of aromatic nitrogens is 1. The van der Waals surface area contributed by atoms with Crippen molar-refractivity contribution in [2.45, 2.75) is 26.7 Å². The highest BCUT2D eigenvalue weighted by molar-refractivity contribution is 5.86. The molecule has 3 aromatic rings. The summed E-state index contributed by atoms with van der Waals surface area (Å²) in [5.74, 6) is 0. The predicted molar refractivity (Wildman–Crippen MR) is 92.7 cm³/mol. The highest BCUT2D eigenvalue weighted by Gasteiger charge is 2.15. The van der Waals surface area contributed by atoms with Crippen LogP contribution in [0.25, 0.3) is 22.3 Å². The molecule has 0 spiro atoms. The number of rotatable bonds is 4. The first kappa shape index (κ1) is 14.5. The third kappa shape index (κ3) is 2.80. The Morgan fingerprint density at radius 2 is 1.36 bits per heavy atom. The zero-order chi connectivity index (χ0) is 15.4. The minimum Gasteiger partial charge on any atom is -0.250 e. The van der Waals surface area contributed by atoms with Crippen molar-refractivity contribution in [1.82, 2.24) is 4.98 Å². The van der Waals surface area contributed by atoms with Gasteiger partial charge in [0.1, 0.15) is 0 Å². The van der Waals surface area contributed by atoms with Crippen molar-refractivity contribution in [3.05, 3.63) is 78.1 Å². The van der Waals surface area contributed by atoms with Crippen LogP contribution in [-0.2, 0) is 6.42 Å². The topological polar surface area (TPSA) is 12.9 Å². The molecule has 0 unspecified atom stereocenters. The normalized spacial score (nSPS) is 10.6. The maximum absolute atomic E-state index is 4.54. The maximum Gasteiger partial charge on any atom is 0.0931 e. The molecule has 2 aromatic carbocycles. The van der Waals surface area contributed by atoms with E-state index in [1.54, 1.807) is 0 Å². The van der Waals surface area contributed by atoms with E-state index in [-0.39, 0.29) is 0 Å². The van der Waals surface area contributed by atoms with Crippen molar-refractivity contribution in [3.8, 4) is 22.3 Å². The molecule has 22 heavy (non-hydrogen) atoms. The Balaban J connectivity index is 2.30. The van der Waals surface area contributed by atoms with Gasteiger partial charge in [-0.05, 0) is 35.6 Å². The van der Waals surface area contributed by atoms with Gasteiger partial charge < -0.3 is 0 Å². The van der Waals surface area contributed by atoms with Gasteiger partial charge in [-0.2, -0.15) is 0 Å². The summed E-state index contributed by atoms with van der Waals surface area (Å²) in [6, 6.07) is 21.1. The van der Waals surface area contributed by atoms with E-state index < -0.39 is 0 Å². The molecular weight excluding hydrogens is 266 g/mol. The average Bonchev–Trinajstić information content (AvgIpc) is 2.58. The second-order valence-electron chi connectivity index (χ2n) is 5.52. The Hall–Kier alpha value is -2.41. The van der Waals surface area contributed by atoms with E-state index in [1.807, 2.05) is 0 Å². The van der Waals surface area contributed by atoms with Crippen LogP contribution in [0.1, 0.15) is 24.6 Å². The number of hydrogen-bond donors (Lipinski definition) is 0. The lowest BCUT2D eigenvalue weighted by molar-refractivity contribution is 0.910. The number of benzene rings is 2. The largest absolute Gasteiger partial charge is 0.250 e. The van der Waals surface area contributed by atoms with Crippen molar-refractivity contribution in [1.29, 1.82) is 0 Å². The summed E-state index contributed by atoms with van der Waals surface area (Å²) in [5, 5.41) is 0. The Morgan fingerprint density at radius 1 is 0.818 bits per heavy atom. The van der Waals surface area contributed by atoms with Gasteiger partial charge >= 0.3 is 0 Å². The molecule has 109 valence electrons. The van der Waals surface area contributed by atoms with Gasteiger partial charge in [0.25, 0.3) is 0 Å². The van der Waals surface area contributed by atoms with E-state index >= 15 is 0 Å². The highest BCUT2D eigenvalue weighted by Crippen LogP contribution is 2.36. The molecular formula is C21H20N. The number of aryl methyl sites for hydroxylation is 2. The molecule has 0 atom stereocenters. The highest BCUT2D eigenvalue weighted by atomic mass is 14.7. The van der Waals surface area contributed by atoms with E-state index in [1.165, 1.54) is 27.8 Å². The first-order valence-electron chi connectivity index (χ1n) is 7.83. The lowest BCUT2D eigenvalue weighted by Crippen LogP contribution is -1.99. The van der Waals surface area contributed by atoms with Crippen LogP contribution in [0, 0.1) is 13.1 Å². The van der Waals surface area contributed by atoms with Crippen molar-refractivity contribution < 1.29 is 0 Å². The van der Waals surface area contributed by atoms with E-state index in [4.69, 9.17) is 0 Å². The summed E-state index contributed by atoms with van der Waals surface area (Å²) < 4.78 is 0. The van der Waals surface area contributed by atoms with Crippen LogP contribution < -0.4 is 0 Å². The molecule has 0 fully saturated rings. The van der Waals surface area contributed by atoms with Crippen molar-refractivity contribution in [3.63, 3.8) is 0 Å². The first-order chi connectivity index (χ1) is 10.8. The Labute approximate surface area is 132 Å². The van der Waals surface area contributed by atoms with Gasteiger partial charge in [-0.3, -0.25) is 4.98 Å².